The second-order valence-corrected chi connectivity index (χ2v) is 4.69. The maximum atomic E-state index is 9.40. The van der Waals surface area contributed by atoms with Crippen LogP contribution in [0.25, 0.3) is 0 Å². The van der Waals surface area contributed by atoms with Crippen molar-refractivity contribution >= 4 is 12.6 Å². The molecule has 20 heavy (non-hydrogen) atoms. The molecule has 0 spiro atoms. The van der Waals surface area contributed by atoms with Crippen LogP contribution in [0.5, 0.6) is 0 Å². The summed E-state index contributed by atoms with van der Waals surface area (Å²) >= 11 is 0. The van der Waals surface area contributed by atoms with Gasteiger partial charge in [0.05, 0.1) is 6.61 Å². The van der Waals surface area contributed by atoms with E-state index in [1.165, 1.54) is 0 Å². The van der Waals surface area contributed by atoms with Crippen molar-refractivity contribution in [2.45, 2.75) is 13.0 Å². The Balaban J connectivity index is 2.67. The van der Waals surface area contributed by atoms with E-state index in [0.717, 1.165) is 25.1 Å². The molecule has 0 aliphatic carbocycles. The van der Waals surface area contributed by atoms with Crippen LogP contribution in [0.1, 0.15) is 12.0 Å². The van der Waals surface area contributed by atoms with Crippen LogP contribution in [0.2, 0.25) is 0 Å². The van der Waals surface area contributed by atoms with Crippen LogP contribution in [0, 0.1) is 0 Å². The first-order valence-electron chi connectivity index (χ1n) is 6.83. The second kappa shape index (κ2) is 9.91. The maximum Gasteiger partial charge on any atom is 0.488 e. The molecule has 2 N–H and O–H groups in total. The third-order valence-electron chi connectivity index (χ3n) is 3.16. The fourth-order valence-electron chi connectivity index (χ4n) is 2.09. The van der Waals surface area contributed by atoms with E-state index in [1.807, 2.05) is 18.2 Å². The topological polar surface area (TPSA) is 62.2 Å². The number of rotatable bonds is 10. The predicted molar refractivity (Wildman–Crippen MR) is 79.9 cm³/mol. The van der Waals surface area contributed by atoms with E-state index in [0.29, 0.717) is 25.2 Å². The SMILES string of the molecule is COCCCN(CCOC)Cc1ccccc1B(O)O. The number of methoxy groups -OCH3 is 2. The Bertz CT molecular complexity index is 376. The zero-order valence-corrected chi connectivity index (χ0v) is 12.3. The van der Waals surface area contributed by atoms with Crippen molar-refractivity contribution in [3.05, 3.63) is 29.8 Å². The third kappa shape index (κ3) is 6.03. The molecule has 0 atom stereocenters. The van der Waals surface area contributed by atoms with Crippen LogP contribution in [-0.4, -0.2) is 62.6 Å². The lowest BCUT2D eigenvalue weighted by Crippen LogP contribution is -2.37. The lowest BCUT2D eigenvalue weighted by molar-refractivity contribution is 0.129. The summed E-state index contributed by atoms with van der Waals surface area (Å²) in [5, 5.41) is 18.8. The normalized spacial score (nSPS) is 11.1. The Morgan fingerprint density at radius 1 is 1.05 bits per heavy atom. The molecule has 0 amide bonds. The van der Waals surface area contributed by atoms with Crippen molar-refractivity contribution in [3.8, 4) is 0 Å². The third-order valence-corrected chi connectivity index (χ3v) is 3.16. The van der Waals surface area contributed by atoms with Gasteiger partial charge in [0.1, 0.15) is 0 Å². The second-order valence-electron chi connectivity index (χ2n) is 4.69. The Kier molecular flexibility index (Phi) is 8.49. The lowest BCUT2D eigenvalue weighted by Gasteiger charge is -2.23. The quantitative estimate of drug-likeness (QED) is 0.461. The first-order valence-corrected chi connectivity index (χ1v) is 6.83. The van der Waals surface area contributed by atoms with Gasteiger partial charge in [-0.05, 0) is 17.4 Å². The summed E-state index contributed by atoms with van der Waals surface area (Å²) in [6.07, 6.45) is 0.935. The van der Waals surface area contributed by atoms with Crippen molar-refractivity contribution in [3.63, 3.8) is 0 Å². The molecule has 0 saturated heterocycles. The van der Waals surface area contributed by atoms with Crippen molar-refractivity contribution in [2.75, 3.05) is 40.5 Å². The number of nitrogens with zero attached hydrogens (tertiary/aromatic N) is 1. The average Bonchev–Trinajstić information content (AvgIpc) is 2.45. The van der Waals surface area contributed by atoms with Crippen molar-refractivity contribution in [2.24, 2.45) is 0 Å². The minimum atomic E-state index is -1.44. The smallest absolute Gasteiger partial charge is 0.423 e. The number of hydrogen-bond acceptors (Lipinski definition) is 5. The molecule has 0 fully saturated rings. The van der Waals surface area contributed by atoms with Gasteiger partial charge < -0.3 is 19.5 Å². The van der Waals surface area contributed by atoms with E-state index in [1.54, 1.807) is 20.3 Å². The number of hydrogen-bond donors (Lipinski definition) is 2. The van der Waals surface area contributed by atoms with E-state index in [4.69, 9.17) is 9.47 Å². The van der Waals surface area contributed by atoms with Gasteiger partial charge in [-0.15, -0.1) is 0 Å². The summed E-state index contributed by atoms with van der Waals surface area (Å²) in [7, 11) is 1.94. The molecule has 1 aromatic rings. The summed E-state index contributed by atoms with van der Waals surface area (Å²) < 4.78 is 10.2. The average molecular weight is 281 g/mol. The van der Waals surface area contributed by atoms with Gasteiger partial charge in [-0.2, -0.15) is 0 Å². The van der Waals surface area contributed by atoms with Crippen LogP contribution in [0.15, 0.2) is 24.3 Å². The molecule has 0 aliphatic rings. The summed E-state index contributed by atoms with van der Waals surface area (Å²) in [6.45, 7) is 3.72. The van der Waals surface area contributed by atoms with E-state index in [2.05, 4.69) is 4.90 Å². The molecule has 0 aliphatic heterocycles. The van der Waals surface area contributed by atoms with Gasteiger partial charge in [0, 0.05) is 40.5 Å². The Morgan fingerprint density at radius 2 is 1.75 bits per heavy atom. The summed E-state index contributed by atoms with van der Waals surface area (Å²) in [6, 6.07) is 7.38. The van der Waals surface area contributed by atoms with Crippen LogP contribution >= 0.6 is 0 Å². The van der Waals surface area contributed by atoms with Gasteiger partial charge in [-0.3, -0.25) is 4.90 Å². The lowest BCUT2D eigenvalue weighted by atomic mass is 9.77. The Labute approximate surface area is 121 Å². The Morgan fingerprint density at radius 3 is 2.40 bits per heavy atom. The monoisotopic (exact) mass is 281 g/mol. The first-order chi connectivity index (χ1) is 9.69. The Hall–Kier alpha value is -0.915. The van der Waals surface area contributed by atoms with Gasteiger partial charge in [0.2, 0.25) is 0 Å². The molecule has 0 saturated carbocycles. The molecular weight excluding hydrogens is 257 g/mol. The largest absolute Gasteiger partial charge is 0.488 e. The van der Waals surface area contributed by atoms with Gasteiger partial charge in [-0.1, -0.05) is 24.3 Å². The molecule has 0 heterocycles. The molecule has 6 heteroatoms. The fraction of sp³-hybridized carbons (Fsp3) is 0.571. The van der Waals surface area contributed by atoms with Crippen LogP contribution in [0.4, 0.5) is 0 Å². The minimum absolute atomic E-state index is 0.557. The zero-order valence-electron chi connectivity index (χ0n) is 12.3. The van der Waals surface area contributed by atoms with E-state index in [-0.39, 0.29) is 0 Å². The van der Waals surface area contributed by atoms with Gasteiger partial charge in [0.25, 0.3) is 0 Å². The van der Waals surface area contributed by atoms with E-state index in [9.17, 15) is 10.0 Å². The van der Waals surface area contributed by atoms with Gasteiger partial charge >= 0.3 is 7.12 Å². The highest BCUT2D eigenvalue weighted by Gasteiger charge is 2.17. The minimum Gasteiger partial charge on any atom is -0.423 e. The van der Waals surface area contributed by atoms with Gasteiger partial charge in [-0.25, -0.2) is 0 Å². The molecular formula is C14H24BNO4. The van der Waals surface area contributed by atoms with Crippen LogP contribution < -0.4 is 5.46 Å². The van der Waals surface area contributed by atoms with Gasteiger partial charge in [0.15, 0.2) is 0 Å². The van der Waals surface area contributed by atoms with Crippen LogP contribution in [0.3, 0.4) is 0 Å². The van der Waals surface area contributed by atoms with Crippen molar-refractivity contribution in [1.29, 1.82) is 0 Å². The predicted octanol–water partition coefficient (Wildman–Crippen LogP) is -0.149. The van der Waals surface area contributed by atoms with Crippen LogP contribution in [-0.2, 0) is 16.0 Å². The molecule has 0 bridgehead atoms. The summed E-state index contributed by atoms with van der Waals surface area (Å²) in [4.78, 5) is 2.23. The standard InChI is InChI=1S/C14H24BNO4/c1-19-10-5-8-16(9-11-20-2)12-13-6-3-4-7-14(13)15(17)18/h3-4,6-7,17-18H,5,8-12H2,1-2H3. The number of ether oxygens (including phenoxy) is 2. The van der Waals surface area contributed by atoms with Crippen molar-refractivity contribution < 1.29 is 19.5 Å². The molecule has 0 radical (unpaired) electrons. The van der Waals surface area contributed by atoms with E-state index >= 15 is 0 Å². The number of benzene rings is 1. The fourth-order valence-corrected chi connectivity index (χ4v) is 2.09. The summed E-state index contributed by atoms with van der Waals surface area (Å²) in [5.41, 5.74) is 1.48. The molecule has 1 aromatic carbocycles. The van der Waals surface area contributed by atoms with E-state index < -0.39 is 7.12 Å². The first kappa shape index (κ1) is 17.1. The molecule has 0 aromatic heterocycles. The highest BCUT2D eigenvalue weighted by molar-refractivity contribution is 6.59. The highest BCUT2D eigenvalue weighted by Crippen LogP contribution is 2.04. The molecule has 5 nitrogen and oxygen atoms in total. The molecule has 0 unspecified atom stereocenters. The van der Waals surface area contributed by atoms with Crippen molar-refractivity contribution in [1.82, 2.24) is 4.90 Å². The zero-order chi connectivity index (χ0) is 14.8. The molecule has 112 valence electrons. The maximum absolute atomic E-state index is 9.40. The highest BCUT2D eigenvalue weighted by atomic mass is 16.5. The summed E-state index contributed by atoms with van der Waals surface area (Å²) in [5.74, 6) is 0. The molecule has 1 rings (SSSR count).